The number of likely N-dealkylation sites (tertiary alicyclic amines) is 1. The molecule has 0 atom stereocenters. The van der Waals surface area contributed by atoms with Crippen molar-refractivity contribution in [1.29, 1.82) is 0 Å². The van der Waals surface area contributed by atoms with Gasteiger partial charge in [0.15, 0.2) is 5.96 Å². The smallest absolute Gasteiger partial charge is 0.225 e. The molecule has 0 amide bonds. The van der Waals surface area contributed by atoms with Gasteiger partial charge < -0.3 is 20.0 Å². The van der Waals surface area contributed by atoms with E-state index < -0.39 is 0 Å². The zero-order valence-corrected chi connectivity index (χ0v) is 17.0. The van der Waals surface area contributed by atoms with E-state index in [9.17, 15) is 0 Å². The number of hydrogen-bond donors (Lipinski definition) is 1. The molecule has 0 unspecified atom stereocenters. The Bertz CT molecular complexity index is 561. The summed E-state index contributed by atoms with van der Waals surface area (Å²) >= 11 is 0. The highest BCUT2D eigenvalue weighted by molar-refractivity contribution is 5.80. The van der Waals surface area contributed by atoms with E-state index in [4.69, 9.17) is 4.99 Å². The SMILES string of the molecule is CCCN1CCC(CN=C(NCC)N2CCN(c3ncccn3)CC2)CC1. The Morgan fingerprint density at radius 2 is 1.78 bits per heavy atom. The third kappa shape index (κ3) is 5.79. The first-order chi connectivity index (χ1) is 13.3. The van der Waals surface area contributed by atoms with Gasteiger partial charge in [-0.2, -0.15) is 0 Å². The van der Waals surface area contributed by atoms with Crippen LogP contribution in [0.2, 0.25) is 0 Å². The molecular formula is C20H35N7. The van der Waals surface area contributed by atoms with Gasteiger partial charge in [-0.05, 0) is 57.8 Å². The number of aliphatic imine (C=N–C) groups is 1. The maximum Gasteiger partial charge on any atom is 0.225 e. The van der Waals surface area contributed by atoms with Crippen molar-refractivity contribution in [2.24, 2.45) is 10.9 Å². The van der Waals surface area contributed by atoms with Crippen LogP contribution in [-0.2, 0) is 0 Å². The van der Waals surface area contributed by atoms with Gasteiger partial charge in [0.2, 0.25) is 5.95 Å². The molecule has 1 aromatic rings. The topological polar surface area (TPSA) is 59.9 Å². The number of rotatable bonds is 6. The zero-order chi connectivity index (χ0) is 18.9. The Morgan fingerprint density at radius 1 is 1.07 bits per heavy atom. The van der Waals surface area contributed by atoms with Crippen LogP contribution in [0.5, 0.6) is 0 Å². The van der Waals surface area contributed by atoms with Gasteiger partial charge in [-0.3, -0.25) is 4.99 Å². The van der Waals surface area contributed by atoms with Crippen LogP contribution in [0.25, 0.3) is 0 Å². The van der Waals surface area contributed by atoms with E-state index in [1.165, 1.54) is 38.9 Å². The van der Waals surface area contributed by atoms with Crippen molar-refractivity contribution in [3.05, 3.63) is 18.5 Å². The molecule has 0 bridgehead atoms. The van der Waals surface area contributed by atoms with Crippen molar-refractivity contribution in [2.75, 3.05) is 63.8 Å². The lowest BCUT2D eigenvalue weighted by Crippen LogP contribution is -2.53. The average Bonchev–Trinajstić information content (AvgIpc) is 2.73. The van der Waals surface area contributed by atoms with Gasteiger partial charge in [0.05, 0.1) is 0 Å². The molecular weight excluding hydrogens is 338 g/mol. The molecule has 7 heteroatoms. The third-order valence-electron chi connectivity index (χ3n) is 5.50. The highest BCUT2D eigenvalue weighted by Crippen LogP contribution is 2.18. The standard InChI is InChI=1S/C20H35N7/c1-3-10-25-11-6-18(7-12-25)17-24-19(21-4-2)26-13-15-27(16-14-26)20-22-8-5-9-23-20/h5,8-9,18H,3-4,6-7,10-17H2,1-2H3,(H,21,24). The molecule has 2 fully saturated rings. The third-order valence-corrected chi connectivity index (χ3v) is 5.50. The summed E-state index contributed by atoms with van der Waals surface area (Å²) in [6.07, 6.45) is 7.44. The minimum absolute atomic E-state index is 0.728. The summed E-state index contributed by atoms with van der Waals surface area (Å²) in [5.74, 6) is 2.63. The number of guanidine groups is 1. The molecule has 0 aliphatic carbocycles. The Balaban J connectivity index is 1.49. The number of nitrogens with zero attached hydrogens (tertiary/aromatic N) is 6. The van der Waals surface area contributed by atoms with Gasteiger partial charge >= 0.3 is 0 Å². The summed E-state index contributed by atoms with van der Waals surface area (Å²) in [6.45, 7) is 13.8. The summed E-state index contributed by atoms with van der Waals surface area (Å²) in [7, 11) is 0. The van der Waals surface area contributed by atoms with Crippen molar-refractivity contribution in [1.82, 2.24) is 25.1 Å². The molecule has 0 spiro atoms. The van der Waals surface area contributed by atoms with Gasteiger partial charge in [-0.15, -0.1) is 0 Å². The van der Waals surface area contributed by atoms with E-state index in [-0.39, 0.29) is 0 Å². The van der Waals surface area contributed by atoms with Gasteiger partial charge in [0.1, 0.15) is 0 Å². The molecule has 27 heavy (non-hydrogen) atoms. The van der Waals surface area contributed by atoms with Crippen LogP contribution in [0, 0.1) is 5.92 Å². The van der Waals surface area contributed by atoms with Gasteiger partial charge in [-0.1, -0.05) is 6.92 Å². The normalized spacial score (nSPS) is 20.1. The minimum atomic E-state index is 0.728. The Labute approximate surface area is 163 Å². The number of piperidine rings is 1. The van der Waals surface area contributed by atoms with Crippen molar-refractivity contribution in [3.63, 3.8) is 0 Å². The molecule has 1 aromatic heterocycles. The van der Waals surface area contributed by atoms with Crippen molar-refractivity contribution < 1.29 is 0 Å². The second-order valence-electron chi connectivity index (χ2n) is 7.50. The predicted molar refractivity (Wildman–Crippen MR) is 111 cm³/mol. The summed E-state index contributed by atoms with van der Waals surface area (Å²) in [4.78, 5) is 21.0. The minimum Gasteiger partial charge on any atom is -0.357 e. The lowest BCUT2D eigenvalue weighted by molar-refractivity contribution is 0.188. The van der Waals surface area contributed by atoms with E-state index >= 15 is 0 Å². The molecule has 0 radical (unpaired) electrons. The first kappa shape index (κ1) is 19.9. The number of nitrogens with one attached hydrogen (secondary N) is 1. The summed E-state index contributed by atoms with van der Waals surface area (Å²) in [5, 5.41) is 3.49. The monoisotopic (exact) mass is 373 g/mol. The lowest BCUT2D eigenvalue weighted by Gasteiger charge is -2.37. The van der Waals surface area contributed by atoms with Crippen molar-refractivity contribution in [2.45, 2.75) is 33.1 Å². The van der Waals surface area contributed by atoms with Crippen LogP contribution < -0.4 is 10.2 Å². The fourth-order valence-electron chi connectivity index (χ4n) is 3.92. The molecule has 2 aliphatic rings. The Morgan fingerprint density at radius 3 is 2.41 bits per heavy atom. The number of hydrogen-bond acceptors (Lipinski definition) is 5. The van der Waals surface area contributed by atoms with Crippen LogP contribution in [-0.4, -0.2) is 84.6 Å². The number of piperazine rings is 1. The van der Waals surface area contributed by atoms with E-state index in [0.29, 0.717) is 0 Å². The summed E-state index contributed by atoms with van der Waals surface area (Å²) in [5.41, 5.74) is 0. The molecule has 2 saturated heterocycles. The highest BCUT2D eigenvalue weighted by atomic mass is 15.4. The van der Waals surface area contributed by atoms with Crippen LogP contribution in [0.4, 0.5) is 5.95 Å². The van der Waals surface area contributed by atoms with Crippen molar-refractivity contribution >= 4 is 11.9 Å². The maximum absolute atomic E-state index is 4.99. The summed E-state index contributed by atoms with van der Waals surface area (Å²) in [6, 6.07) is 1.86. The molecule has 0 aromatic carbocycles. The quantitative estimate of drug-likeness (QED) is 0.605. The molecule has 150 valence electrons. The van der Waals surface area contributed by atoms with Gasteiger partial charge in [0.25, 0.3) is 0 Å². The fourth-order valence-corrected chi connectivity index (χ4v) is 3.92. The van der Waals surface area contributed by atoms with E-state index in [0.717, 1.165) is 57.1 Å². The molecule has 3 rings (SSSR count). The largest absolute Gasteiger partial charge is 0.357 e. The number of aromatic nitrogens is 2. The van der Waals surface area contributed by atoms with E-state index in [2.05, 4.69) is 43.8 Å². The molecule has 3 heterocycles. The Kier molecular flexibility index (Phi) is 7.68. The highest BCUT2D eigenvalue weighted by Gasteiger charge is 2.22. The average molecular weight is 374 g/mol. The second kappa shape index (κ2) is 10.4. The van der Waals surface area contributed by atoms with E-state index in [1.54, 1.807) is 0 Å². The molecule has 1 N–H and O–H groups in total. The predicted octanol–water partition coefficient (Wildman–Crippen LogP) is 1.69. The first-order valence-corrected chi connectivity index (χ1v) is 10.6. The van der Waals surface area contributed by atoms with Crippen LogP contribution >= 0.6 is 0 Å². The van der Waals surface area contributed by atoms with Crippen LogP contribution in [0.3, 0.4) is 0 Å². The second-order valence-corrected chi connectivity index (χ2v) is 7.50. The molecule has 2 aliphatic heterocycles. The van der Waals surface area contributed by atoms with Crippen molar-refractivity contribution in [3.8, 4) is 0 Å². The lowest BCUT2D eigenvalue weighted by atomic mass is 9.97. The Hall–Kier alpha value is -1.89. The molecule has 7 nitrogen and oxygen atoms in total. The fraction of sp³-hybridized carbons (Fsp3) is 0.750. The van der Waals surface area contributed by atoms with Gasteiger partial charge in [-0.25, -0.2) is 9.97 Å². The van der Waals surface area contributed by atoms with Crippen LogP contribution in [0.15, 0.2) is 23.5 Å². The zero-order valence-electron chi connectivity index (χ0n) is 17.0. The maximum atomic E-state index is 4.99. The van der Waals surface area contributed by atoms with Crippen LogP contribution in [0.1, 0.15) is 33.1 Å². The summed E-state index contributed by atoms with van der Waals surface area (Å²) < 4.78 is 0. The van der Waals surface area contributed by atoms with Gasteiger partial charge in [0, 0.05) is 51.7 Å². The van der Waals surface area contributed by atoms with E-state index in [1.807, 2.05) is 18.5 Å². The number of anilines is 1. The molecule has 0 saturated carbocycles. The first-order valence-electron chi connectivity index (χ1n) is 10.6.